The van der Waals surface area contributed by atoms with Gasteiger partial charge in [-0.3, -0.25) is 10.6 Å². The van der Waals surface area contributed by atoms with Crippen LogP contribution in [0.25, 0.3) is 0 Å². The van der Waals surface area contributed by atoms with Crippen LogP contribution in [0.15, 0.2) is 12.1 Å². The van der Waals surface area contributed by atoms with Crippen LogP contribution in [0.3, 0.4) is 0 Å². The molecule has 0 aromatic heterocycles. The Labute approximate surface area is 97.9 Å². The zero-order valence-corrected chi connectivity index (χ0v) is 8.74. The summed E-state index contributed by atoms with van der Waals surface area (Å²) in [6.45, 7) is -1.59. The van der Waals surface area contributed by atoms with Gasteiger partial charge in [-0.1, -0.05) is 0 Å². The zero-order chi connectivity index (χ0) is 13.9. The van der Waals surface area contributed by atoms with E-state index in [4.69, 9.17) is 5.84 Å². The van der Waals surface area contributed by atoms with E-state index in [-0.39, 0.29) is 0 Å². The number of nitrogens with two attached hydrogens (primary N) is 1. The lowest BCUT2D eigenvalue weighted by Gasteiger charge is -2.10. The number of hydrogen-bond acceptors (Lipinski definition) is 3. The van der Waals surface area contributed by atoms with Crippen LogP contribution in [0, 0.1) is 11.6 Å². The van der Waals surface area contributed by atoms with E-state index in [1.165, 1.54) is 5.32 Å². The van der Waals surface area contributed by atoms with E-state index in [1.54, 1.807) is 5.43 Å². The number of hydrogen-bond donors (Lipinski definition) is 3. The van der Waals surface area contributed by atoms with Crippen molar-refractivity contribution >= 4 is 11.6 Å². The molecule has 1 rings (SSSR count). The molecule has 0 aliphatic rings. The van der Waals surface area contributed by atoms with E-state index >= 15 is 0 Å². The second-order valence-electron chi connectivity index (χ2n) is 3.26. The number of rotatable bonds is 3. The van der Waals surface area contributed by atoms with Crippen molar-refractivity contribution in [3.05, 3.63) is 29.3 Å². The lowest BCUT2D eigenvalue weighted by atomic mass is 10.1. The van der Waals surface area contributed by atoms with Gasteiger partial charge in [-0.15, -0.1) is 0 Å². The molecule has 0 heterocycles. The third-order valence-electron chi connectivity index (χ3n) is 1.90. The maximum atomic E-state index is 13.2. The lowest BCUT2D eigenvalue weighted by Crippen LogP contribution is -2.33. The second-order valence-corrected chi connectivity index (χ2v) is 3.26. The first-order valence-corrected chi connectivity index (χ1v) is 4.55. The second kappa shape index (κ2) is 5.17. The Morgan fingerprint density at radius 2 is 1.72 bits per heavy atom. The van der Waals surface area contributed by atoms with Gasteiger partial charge in [0.1, 0.15) is 12.2 Å². The average molecular weight is 269 g/mol. The van der Waals surface area contributed by atoms with E-state index in [9.17, 15) is 26.7 Å². The van der Waals surface area contributed by atoms with E-state index in [1.807, 2.05) is 0 Å². The topological polar surface area (TPSA) is 67.1 Å². The maximum Gasteiger partial charge on any atom is 0.405 e. The largest absolute Gasteiger partial charge is 0.405 e. The minimum atomic E-state index is -4.61. The number of anilines is 1. The van der Waals surface area contributed by atoms with Crippen molar-refractivity contribution in [3.63, 3.8) is 0 Å². The minimum Gasteiger partial charge on any atom is -0.343 e. The standard InChI is InChI=1S/C9H8F5N3O/c10-5-1-4(2-6(11)7(5)17-15)8(18)16-3-9(12,13)14/h1-2,17H,3,15H2,(H,16,18). The van der Waals surface area contributed by atoms with Crippen molar-refractivity contribution in [3.8, 4) is 0 Å². The molecule has 0 aliphatic heterocycles. The molecule has 0 spiro atoms. The van der Waals surface area contributed by atoms with Gasteiger partial charge in [0.15, 0.2) is 11.6 Å². The summed E-state index contributed by atoms with van der Waals surface area (Å²) >= 11 is 0. The quantitative estimate of drug-likeness (QED) is 0.443. The number of amides is 1. The average Bonchev–Trinajstić information content (AvgIpc) is 2.24. The first-order valence-electron chi connectivity index (χ1n) is 4.55. The van der Waals surface area contributed by atoms with E-state index in [2.05, 4.69) is 0 Å². The van der Waals surface area contributed by atoms with Gasteiger partial charge < -0.3 is 10.7 Å². The fourth-order valence-corrected chi connectivity index (χ4v) is 1.12. The van der Waals surface area contributed by atoms with Crippen LogP contribution in [0.1, 0.15) is 10.4 Å². The smallest absolute Gasteiger partial charge is 0.343 e. The van der Waals surface area contributed by atoms with Crippen LogP contribution in [0.2, 0.25) is 0 Å². The Balaban J connectivity index is 2.88. The molecule has 0 atom stereocenters. The molecule has 0 saturated carbocycles. The molecule has 1 aromatic rings. The van der Waals surface area contributed by atoms with Gasteiger partial charge in [0.25, 0.3) is 5.91 Å². The number of carbonyl (C=O) groups excluding carboxylic acids is 1. The van der Waals surface area contributed by atoms with Gasteiger partial charge in [0.05, 0.1) is 0 Å². The Morgan fingerprint density at radius 3 is 2.11 bits per heavy atom. The number of halogens is 5. The van der Waals surface area contributed by atoms with E-state index < -0.39 is 41.5 Å². The molecule has 4 N–H and O–H groups in total. The van der Waals surface area contributed by atoms with Crippen molar-refractivity contribution in [2.45, 2.75) is 6.18 Å². The maximum absolute atomic E-state index is 13.2. The summed E-state index contributed by atoms with van der Waals surface area (Å²) in [5.41, 5.74) is 0.470. The van der Waals surface area contributed by atoms with Gasteiger partial charge in [-0.05, 0) is 12.1 Å². The first-order chi connectivity index (χ1) is 8.24. The molecular weight excluding hydrogens is 261 g/mol. The van der Waals surface area contributed by atoms with Crippen LogP contribution in [0.5, 0.6) is 0 Å². The van der Waals surface area contributed by atoms with E-state index in [0.29, 0.717) is 12.1 Å². The van der Waals surface area contributed by atoms with Crippen LogP contribution in [-0.4, -0.2) is 18.6 Å². The monoisotopic (exact) mass is 269 g/mol. The number of carbonyl (C=O) groups is 1. The molecule has 1 aromatic carbocycles. The summed E-state index contributed by atoms with van der Waals surface area (Å²) in [6, 6.07) is 1.15. The highest BCUT2D eigenvalue weighted by Gasteiger charge is 2.28. The number of alkyl halides is 3. The highest BCUT2D eigenvalue weighted by molar-refractivity contribution is 5.94. The molecule has 0 radical (unpaired) electrons. The molecule has 0 bridgehead atoms. The van der Waals surface area contributed by atoms with Gasteiger partial charge in [0.2, 0.25) is 0 Å². The molecule has 9 heteroatoms. The molecule has 4 nitrogen and oxygen atoms in total. The predicted octanol–water partition coefficient (Wildman–Crippen LogP) is 1.54. The summed E-state index contributed by atoms with van der Waals surface area (Å²) in [6.07, 6.45) is -4.61. The summed E-state index contributed by atoms with van der Waals surface area (Å²) in [5, 5.41) is 1.48. The predicted molar refractivity (Wildman–Crippen MR) is 52.6 cm³/mol. The lowest BCUT2D eigenvalue weighted by molar-refractivity contribution is -0.123. The SMILES string of the molecule is NNc1c(F)cc(C(=O)NCC(F)(F)F)cc1F. The summed E-state index contributed by atoms with van der Waals surface area (Å²) in [7, 11) is 0. The third-order valence-corrected chi connectivity index (χ3v) is 1.90. The van der Waals surface area contributed by atoms with Crippen LogP contribution in [-0.2, 0) is 0 Å². The number of nitrogen functional groups attached to an aromatic ring is 1. The van der Waals surface area contributed by atoms with Crippen molar-refractivity contribution in [1.82, 2.24) is 5.32 Å². The molecule has 0 fully saturated rings. The Morgan fingerprint density at radius 1 is 1.22 bits per heavy atom. The molecule has 0 aliphatic carbocycles. The van der Waals surface area contributed by atoms with Crippen molar-refractivity contribution in [1.29, 1.82) is 0 Å². The molecule has 1 amide bonds. The molecule has 0 saturated heterocycles. The highest BCUT2D eigenvalue weighted by atomic mass is 19.4. The number of hydrazine groups is 1. The number of benzene rings is 1. The van der Waals surface area contributed by atoms with Crippen LogP contribution < -0.4 is 16.6 Å². The Kier molecular flexibility index (Phi) is 4.07. The van der Waals surface area contributed by atoms with Gasteiger partial charge in [-0.25, -0.2) is 8.78 Å². The summed E-state index contributed by atoms with van der Waals surface area (Å²) < 4.78 is 61.8. The third kappa shape index (κ3) is 3.55. The Bertz CT molecular complexity index is 437. The first kappa shape index (κ1) is 14.2. The minimum absolute atomic E-state index is 0.573. The molecule has 0 unspecified atom stereocenters. The van der Waals surface area contributed by atoms with Crippen LogP contribution in [0.4, 0.5) is 27.6 Å². The normalized spacial score (nSPS) is 11.2. The molecular formula is C9H8F5N3O. The fraction of sp³-hybridized carbons (Fsp3) is 0.222. The van der Waals surface area contributed by atoms with E-state index in [0.717, 1.165) is 0 Å². The van der Waals surface area contributed by atoms with Crippen molar-refractivity contribution < 1.29 is 26.7 Å². The summed E-state index contributed by atoms with van der Waals surface area (Å²) in [4.78, 5) is 11.2. The highest BCUT2D eigenvalue weighted by Crippen LogP contribution is 2.20. The van der Waals surface area contributed by atoms with Crippen molar-refractivity contribution in [2.75, 3.05) is 12.0 Å². The zero-order valence-electron chi connectivity index (χ0n) is 8.74. The summed E-state index contributed by atoms with van der Waals surface area (Å²) in [5.74, 6) is 1.20. The van der Waals surface area contributed by atoms with Crippen LogP contribution >= 0.6 is 0 Å². The van der Waals surface area contributed by atoms with Gasteiger partial charge in [0, 0.05) is 5.56 Å². The Hall–Kier alpha value is -1.90. The fourth-order valence-electron chi connectivity index (χ4n) is 1.12. The molecule has 100 valence electrons. The number of nitrogens with one attached hydrogen (secondary N) is 2. The van der Waals surface area contributed by atoms with Gasteiger partial charge in [-0.2, -0.15) is 13.2 Å². The van der Waals surface area contributed by atoms with Gasteiger partial charge >= 0.3 is 6.18 Å². The molecule has 18 heavy (non-hydrogen) atoms. The van der Waals surface area contributed by atoms with Crippen molar-refractivity contribution in [2.24, 2.45) is 5.84 Å².